The molecule has 6 nitrogen and oxygen atoms in total. The maximum absolute atomic E-state index is 15.2. The summed E-state index contributed by atoms with van der Waals surface area (Å²) in [7, 11) is 0. The third-order valence-corrected chi connectivity index (χ3v) is 7.64. The molecule has 7 rings (SSSR count). The third-order valence-electron chi connectivity index (χ3n) is 7.64. The van der Waals surface area contributed by atoms with Crippen LogP contribution in [0.1, 0.15) is 42.3 Å². The number of nitrogens with one attached hydrogen (secondary N) is 2. The van der Waals surface area contributed by atoms with E-state index in [4.69, 9.17) is 0 Å². The van der Waals surface area contributed by atoms with Crippen LogP contribution in [-0.4, -0.2) is 25.2 Å². The van der Waals surface area contributed by atoms with E-state index in [9.17, 15) is 0 Å². The summed E-state index contributed by atoms with van der Waals surface area (Å²) >= 11 is 0. The second-order valence-corrected chi connectivity index (χ2v) is 8.95. The molecule has 0 spiro atoms. The first kappa shape index (κ1) is 16.6. The van der Waals surface area contributed by atoms with Crippen LogP contribution in [0.2, 0.25) is 0 Å². The summed E-state index contributed by atoms with van der Waals surface area (Å²) in [6.45, 7) is 0. The number of fused-ring (bicyclic) bond motifs is 9. The summed E-state index contributed by atoms with van der Waals surface area (Å²) in [5.41, 5.74) is 4.73. The van der Waals surface area contributed by atoms with Crippen LogP contribution in [0.25, 0.3) is 16.6 Å². The fourth-order valence-corrected chi connectivity index (χ4v) is 6.54. The molecule has 3 heterocycles. The van der Waals surface area contributed by atoms with Crippen LogP contribution in [0, 0.1) is 23.6 Å². The van der Waals surface area contributed by atoms with Gasteiger partial charge in [0.05, 0.1) is 41.5 Å². The van der Waals surface area contributed by atoms with E-state index in [1.807, 2.05) is 18.3 Å². The van der Waals surface area contributed by atoms with Gasteiger partial charge in [-0.05, 0) is 66.2 Å². The third kappa shape index (κ3) is 2.15. The topological polar surface area (TPSA) is 71.4 Å². The molecule has 4 aromatic rings. The van der Waals surface area contributed by atoms with Gasteiger partial charge in [-0.3, -0.25) is 5.10 Å². The first-order chi connectivity index (χ1) is 14.8. The van der Waals surface area contributed by atoms with Crippen LogP contribution in [0.4, 0.5) is 10.1 Å². The van der Waals surface area contributed by atoms with Gasteiger partial charge in [-0.1, -0.05) is 12.1 Å². The van der Waals surface area contributed by atoms with Gasteiger partial charge in [-0.25, -0.2) is 4.39 Å². The number of hydrogen-bond acceptors (Lipinski definition) is 4. The normalized spacial score (nSPS) is 29.0. The van der Waals surface area contributed by atoms with Crippen molar-refractivity contribution < 1.29 is 4.39 Å². The van der Waals surface area contributed by atoms with Gasteiger partial charge in [0.2, 0.25) is 0 Å². The largest absolute Gasteiger partial charge is 0.375 e. The van der Waals surface area contributed by atoms with Crippen molar-refractivity contribution in [2.45, 2.75) is 31.2 Å². The zero-order valence-corrected chi connectivity index (χ0v) is 16.3. The Labute approximate surface area is 172 Å². The summed E-state index contributed by atoms with van der Waals surface area (Å²) in [5, 5.41) is 20.3. The van der Waals surface area contributed by atoms with Gasteiger partial charge in [0.1, 0.15) is 5.82 Å². The lowest BCUT2D eigenvalue weighted by molar-refractivity contribution is 0.247. The van der Waals surface area contributed by atoms with Gasteiger partial charge >= 0.3 is 0 Å². The number of benzene rings is 2. The summed E-state index contributed by atoms with van der Waals surface area (Å²) in [5.74, 6) is 1.99. The predicted molar refractivity (Wildman–Crippen MR) is 111 cm³/mol. The maximum atomic E-state index is 15.2. The van der Waals surface area contributed by atoms with Crippen LogP contribution in [-0.2, 0) is 0 Å². The molecular weight excluding hydrogens is 379 g/mol. The van der Waals surface area contributed by atoms with Crippen molar-refractivity contribution in [2.24, 2.45) is 17.8 Å². The maximum Gasteiger partial charge on any atom is 0.148 e. The highest BCUT2D eigenvalue weighted by Crippen LogP contribution is 2.64. The lowest BCUT2D eigenvalue weighted by Gasteiger charge is -2.43. The molecule has 1 aliphatic heterocycles. The van der Waals surface area contributed by atoms with Gasteiger partial charge in [-0.2, -0.15) is 20.1 Å². The minimum atomic E-state index is -0.190. The molecule has 150 valence electrons. The zero-order chi connectivity index (χ0) is 19.8. The van der Waals surface area contributed by atoms with Crippen molar-refractivity contribution in [1.29, 1.82) is 0 Å². The number of halogens is 1. The lowest BCUT2D eigenvalue weighted by atomic mass is 9.67. The highest BCUT2D eigenvalue weighted by Gasteiger charge is 2.54. The average Bonchev–Trinajstić information content (AvgIpc) is 3.58. The van der Waals surface area contributed by atoms with E-state index in [1.165, 1.54) is 24.8 Å². The number of rotatable bonds is 2. The van der Waals surface area contributed by atoms with Crippen molar-refractivity contribution in [3.05, 3.63) is 65.9 Å². The van der Waals surface area contributed by atoms with Crippen LogP contribution in [0.3, 0.4) is 0 Å². The molecule has 3 aliphatic rings. The van der Waals surface area contributed by atoms with Crippen LogP contribution < -0.4 is 5.32 Å². The smallest absolute Gasteiger partial charge is 0.148 e. The standard InChI is InChI=1S/C23H21FN6/c24-17-10-18-16(11-25-29-18)21-19-13-1-2-14(9-13)20(19)22(28-23(17)21)12-3-5-15(6-4-12)30-26-7-8-27-30/h3-8,10-11,13-14,19-20,22,28H,1-2,9H2,(H,25,29). The first-order valence-corrected chi connectivity index (χ1v) is 10.7. The van der Waals surface area contributed by atoms with Gasteiger partial charge < -0.3 is 5.32 Å². The van der Waals surface area contributed by atoms with E-state index < -0.39 is 0 Å². The Balaban J connectivity index is 1.37. The lowest BCUT2D eigenvalue weighted by Crippen LogP contribution is -2.36. The van der Waals surface area contributed by atoms with E-state index in [0.29, 0.717) is 29.4 Å². The predicted octanol–water partition coefficient (Wildman–Crippen LogP) is 4.58. The summed E-state index contributed by atoms with van der Waals surface area (Å²) < 4.78 is 15.2. The van der Waals surface area contributed by atoms with Crippen molar-refractivity contribution in [3.63, 3.8) is 0 Å². The van der Waals surface area contributed by atoms with E-state index in [0.717, 1.165) is 22.2 Å². The Kier molecular flexibility index (Phi) is 3.26. The number of aromatic amines is 1. The molecule has 5 atom stereocenters. The van der Waals surface area contributed by atoms with E-state index in [1.54, 1.807) is 23.3 Å². The van der Waals surface area contributed by atoms with Crippen molar-refractivity contribution >= 4 is 16.6 Å². The second-order valence-electron chi connectivity index (χ2n) is 8.95. The van der Waals surface area contributed by atoms with Crippen molar-refractivity contribution in [3.8, 4) is 5.69 Å². The molecule has 30 heavy (non-hydrogen) atoms. The number of aromatic nitrogens is 5. The van der Waals surface area contributed by atoms with Gasteiger partial charge in [-0.15, -0.1) is 0 Å². The molecule has 0 radical (unpaired) electrons. The van der Waals surface area contributed by atoms with Crippen molar-refractivity contribution in [1.82, 2.24) is 25.2 Å². The number of anilines is 1. The molecule has 2 saturated carbocycles. The molecule has 2 bridgehead atoms. The Morgan fingerprint density at radius 3 is 2.67 bits per heavy atom. The van der Waals surface area contributed by atoms with Crippen LogP contribution >= 0.6 is 0 Å². The Morgan fingerprint density at radius 1 is 1.03 bits per heavy atom. The monoisotopic (exact) mass is 400 g/mol. The quantitative estimate of drug-likeness (QED) is 0.517. The Morgan fingerprint density at radius 2 is 1.83 bits per heavy atom. The minimum absolute atomic E-state index is 0.108. The van der Waals surface area contributed by atoms with Crippen LogP contribution in [0.15, 0.2) is 48.9 Å². The first-order valence-electron chi connectivity index (χ1n) is 10.7. The van der Waals surface area contributed by atoms with Gasteiger partial charge in [0.25, 0.3) is 0 Å². The molecule has 2 aliphatic carbocycles. The SMILES string of the molecule is Fc1cc2[nH]ncc2c2c1NC(c1ccc(-n3nccn3)cc1)C1C3CCC(C3)C21. The Bertz CT molecular complexity index is 1240. The minimum Gasteiger partial charge on any atom is -0.375 e. The summed E-state index contributed by atoms with van der Waals surface area (Å²) in [4.78, 5) is 1.61. The molecule has 2 N–H and O–H groups in total. The number of hydrogen-bond donors (Lipinski definition) is 2. The fraction of sp³-hybridized carbons (Fsp3) is 0.348. The molecule has 7 heteroatoms. The summed E-state index contributed by atoms with van der Waals surface area (Å²) in [6, 6.07) is 10.0. The summed E-state index contributed by atoms with van der Waals surface area (Å²) in [6.07, 6.45) is 8.98. The van der Waals surface area contributed by atoms with Crippen molar-refractivity contribution in [2.75, 3.05) is 5.32 Å². The van der Waals surface area contributed by atoms with Crippen LogP contribution in [0.5, 0.6) is 0 Å². The second kappa shape index (κ2) is 5.90. The molecule has 0 amide bonds. The molecule has 5 unspecified atom stereocenters. The number of H-pyrrole nitrogens is 1. The highest BCUT2D eigenvalue weighted by atomic mass is 19.1. The number of nitrogens with zero attached hydrogens (tertiary/aromatic N) is 4. The molecule has 2 fully saturated rings. The van der Waals surface area contributed by atoms with E-state index in [-0.39, 0.29) is 11.9 Å². The Hall–Kier alpha value is -3.22. The molecule has 0 saturated heterocycles. The molecule has 2 aromatic heterocycles. The molecule has 2 aromatic carbocycles. The zero-order valence-electron chi connectivity index (χ0n) is 16.3. The van der Waals surface area contributed by atoms with Gasteiger partial charge in [0.15, 0.2) is 0 Å². The highest BCUT2D eigenvalue weighted by molar-refractivity contribution is 5.89. The van der Waals surface area contributed by atoms with E-state index >= 15 is 4.39 Å². The molecular formula is C23H21FN6. The fourth-order valence-electron chi connectivity index (χ4n) is 6.54. The van der Waals surface area contributed by atoms with Gasteiger partial charge in [0, 0.05) is 11.5 Å². The van der Waals surface area contributed by atoms with E-state index in [2.05, 4.69) is 37.8 Å². The average molecular weight is 400 g/mol.